The Bertz CT molecular complexity index is 1280. The third-order valence-corrected chi connectivity index (χ3v) is 6.18. The number of hydrogen-bond acceptors (Lipinski definition) is 5. The number of benzene rings is 2. The molecule has 2 fully saturated rings. The summed E-state index contributed by atoms with van der Waals surface area (Å²) in [4.78, 5) is 40.7. The van der Waals surface area contributed by atoms with Gasteiger partial charge in [-0.1, -0.05) is 36.9 Å². The molecule has 34 heavy (non-hydrogen) atoms. The number of carbonyl (C=O) groups is 3. The van der Waals surface area contributed by atoms with E-state index in [0.29, 0.717) is 38.2 Å². The Balaban J connectivity index is 1.33. The quantitative estimate of drug-likeness (QED) is 0.709. The zero-order valence-electron chi connectivity index (χ0n) is 21.6. The van der Waals surface area contributed by atoms with Crippen molar-refractivity contribution in [1.82, 2.24) is 15.1 Å². The molecular formula is C26H27N3O5. The first-order chi connectivity index (χ1) is 17.7. The lowest BCUT2D eigenvalue weighted by atomic mass is 10.0. The van der Waals surface area contributed by atoms with Crippen LogP contribution in [0, 0.1) is 0 Å². The molecule has 0 radical (unpaired) electrons. The Morgan fingerprint density at radius 1 is 1.21 bits per heavy atom. The van der Waals surface area contributed by atoms with Gasteiger partial charge in [0.15, 0.2) is 0 Å². The highest BCUT2D eigenvalue weighted by Crippen LogP contribution is 2.34. The van der Waals surface area contributed by atoms with E-state index >= 15 is 0 Å². The maximum absolute atomic E-state index is 13.3. The number of carbonyl (C=O) groups excluding carboxylic acids is 3. The van der Waals surface area contributed by atoms with Gasteiger partial charge in [-0.25, -0.2) is 0 Å². The number of amides is 3. The van der Waals surface area contributed by atoms with E-state index in [1.165, 1.54) is 11.0 Å². The Labute approximate surface area is 202 Å². The molecule has 0 saturated carbocycles. The van der Waals surface area contributed by atoms with Crippen molar-refractivity contribution in [2.75, 3.05) is 19.8 Å². The number of morpholine rings is 1. The maximum atomic E-state index is 13.3. The number of ether oxygens (including phenoxy) is 2. The molecule has 1 N–H and O–H groups in total. The summed E-state index contributed by atoms with van der Waals surface area (Å²) in [5.41, 5.74) is 2.48. The lowest BCUT2D eigenvalue weighted by molar-refractivity contribution is -0.143. The van der Waals surface area contributed by atoms with Crippen LogP contribution >= 0.6 is 0 Å². The van der Waals surface area contributed by atoms with Gasteiger partial charge in [-0.15, -0.1) is 0 Å². The molecule has 8 nitrogen and oxygen atoms in total. The molecular weight excluding hydrogens is 434 g/mol. The van der Waals surface area contributed by atoms with Crippen LogP contribution in [-0.4, -0.2) is 53.3 Å². The standard InChI is InChI=1S/C26H27N3O5/c1-17-5-10-22(25(31)27-17)29-14-21-20(26(29)32)3-2-4-23(21)34-15-19-8-6-18(7-9-19)13-28-11-12-33-16-24(28)30/h2-4,6-9,22H,1,5,10-16H2,(H,27,31)/i2D,3D,14D. The number of nitrogens with zero attached hydrogens (tertiary/aromatic N) is 2. The molecule has 176 valence electrons. The number of hydrogen-bond donors (Lipinski definition) is 1. The SMILES string of the molecule is [2H]c1cc(OCc2ccc(CN3CCOCC3=O)cc2)c2c(c1[2H])C(=O)N(C1CCC(=C)NC1=O)C2[2H]. The van der Waals surface area contributed by atoms with Gasteiger partial charge < -0.3 is 24.6 Å². The highest BCUT2D eigenvalue weighted by Gasteiger charge is 2.39. The molecule has 3 aliphatic rings. The summed E-state index contributed by atoms with van der Waals surface area (Å²) in [6, 6.07) is 7.57. The Kier molecular flexibility index (Phi) is 5.13. The molecule has 2 atom stereocenters. The molecule has 2 saturated heterocycles. The van der Waals surface area contributed by atoms with Crippen molar-refractivity contribution in [1.29, 1.82) is 0 Å². The molecule has 3 amide bonds. The van der Waals surface area contributed by atoms with Crippen LogP contribution in [0.25, 0.3) is 0 Å². The number of piperidine rings is 1. The summed E-state index contributed by atoms with van der Waals surface area (Å²) >= 11 is 0. The smallest absolute Gasteiger partial charge is 0.255 e. The molecule has 2 aromatic rings. The molecule has 5 rings (SSSR count). The fraction of sp³-hybridized carbons (Fsp3) is 0.346. The van der Waals surface area contributed by atoms with Crippen molar-refractivity contribution in [3.8, 4) is 5.75 Å². The third kappa shape index (κ3) is 4.41. The largest absolute Gasteiger partial charge is 0.489 e. The topological polar surface area (TPSA) is 88.2 Å². The lowest BCUT2D eigenvalue weighted by Gasteiger charge is -2.31. The fourth-order valence-corrected chi connectivity index (χ4v) is 4.28. The molecule has 2 aromatic carbocycles. The second-order valence-electron chi connectivity index (χ2n) is 8.53. The Morgan fingerprint density at radius 2 is 2.00 bits per heavy atom. The van der Waals surface area contributed by atoms with Crippen LogP contribution in [0.15, 0.2) is 54.7 Å². The third-order valence-electron chi connectivity index (χ3n) is 6.18. The van der Waals surface area contributed by atoms with E-state index in [1.807, 2.05) is 24.3 Å². The number of rotatable bonds is 6. The fourth-order valence-electron chi connectivity index (χ4n) is 4.28. The summed E-state index contributed by atoms with van der Waals surface area (Å²) < 4.78 is 36.4. The summed E-state index contributed by atoms with van der Waals surface area (Å²) in [7, 11) is 0. The summed E-state index contributed by atoms with van der Waals surface area (Å²) in [5.74, 6) is -0.890. The Hall–Kier alpha value is -3.65. The number of allylic oxidation sites excluding steroid dienone is 1. The minimum atomic E-state index is -1.24. The van der Waals surface area contributed by atoms with E-state index in [0.717, 1.165) is 11.1 Å². The predicted molar refractivity (Wildman–Crippen MR) is 124 cm³/mol. The highest BCUT2D eigenvalue weighted by molar-refractivity contribution is 6.02. The first-order valence-electron chi connectivity index (χ1n) is 12.8. The van der Waals surface area contributed by atoms with Crippen molar-refractivity contribution in [3.05, 3.63) is 76.9 Å². The van der Waals surface area contributed by atoms with Gasteiger partial charge in [-0.05, 0) is 36.1 Å². The predicted octanol–water partition coefficient (Wildman–Crippen LogP) is 2.37. The van der Waals surface area contributed by atoms with Crippen molar-refractivity contribution < 1.29 is 28.0 Å². The van der Waals surface area contributed by atoms with Gasteiger partial charge in [0.25, 0.3) is 5.91 Å². The highest BCUT2D eigenvalue weighted by atomic mass is 16.5. The van der Waals surface area contributed by atoms with Crippen molar-refractivity contribution in [2.24, 2.45) is 0 Å². The van der Waals surface area contributed by atoms with Gasteiger partial charge in [-0.2, -0.15) is 0 Å². The van der Waals surface area contributed by atoms with Crippen LogP contribution < -0.4 is 10.1 Å². The zero-order valence-corrected chi connectivity index (χ0v) is 18.6. The molecule has 0 bridgehead atoms. The first-order valence-corrected chi connectivity index (χ1v) is 11.2. The van der Waals surface area contributed by atoms with Crippen molar-refractivity contribution in [2.45, 2.75) is 38.6 Å². The van der Waals surface area contributed by atoms with Crippen LogP contribution in [0.1, 0.15) is 44.0 Å². The molecule has 0 aliphatic carbocycles. The van der Waals surface area contributed by atoms with E-state index in [4.69, 9.17) is 13.6 Å². The monoisotopic (exact) mass is 464 g/mol. The molecule has 0 aromatic heterocycles. The summed E-state index contributed by atoms with van der Waals surface area (Å²) in [5, 5.41) is 2.64. The van der Waals surface area contributed by atoms with Crippen LogP contribution in [0.2, 0.25) is 0 Å². The molecule has 2 unspecified atom stereocenters. The minimum absolute atomic E-state index is 0.0410. The van der Waals surface area contributed by atoms with E-state index in [2.05, 4.69) is 11.9 Å². The van der Waals surface area contributed by atoms with Gasteiger partial charge in [0.05, 0.1) is 17.2 Å². The van der Waals surface area contributed by atoms with E-state index in [9.17, 15) is 14.4 Å². The molecule has 8 heteroatoms. The Morgan fingerprint density at radius 3 is 2.76 bits per heavy atom. The first kappa shape index (κ1) is 18.7. The lowest BCUT2D eigenvalue weighted by Crippen LogP contribution is -2.49. The van der Waals surface area contributed by atoms with Crippen molar-refractivity contribution >= 4 is 17.7 Å². The van der Waals surface area contributed by atoms with Crippen LogP contribution in [-0.2, 0) is 34.0 Å². The average Bonchev–Trinajstić information content (AvgIpc) is 3.13. The van der Waals surface area contributed by atoms with E-state index in [1.54, 1.807) is 4.90 Å². The van der Waals surface area contributed by atoms with Gasteiger partial charge in [0.1, 0.15) is 25.0 Å². The van der Waals surface area contributed by atoms with E-state index in [-0.39, 0.29) is 48.1 Å². The zero-order chi connectivity index (χ0) is 26.3. The van der Waals surface area contributed by atoms with Gasteiger partial charge >= 0.3 is 0 Å². The number of fused-ring (bicyclic) bond motifs is 1. The summed E-state index contributed by atoms with van der Waals surface area (Å²) in [6.45, 7) is 4.30. The average molecular weight is 465 g/mol. The molecule has 3 aliphatic heterocycles. The molecule has 3 heterocycles. The molecule has 0 spiro atoms. The normalized spacial score (nSPS) is 23.8. The van der Waals surface area contributed by atoms with Crippen LogP contribution in [0.4, 0.5) is 0 Å². The minimum Gasteiger partial charge on any atom is -0.489 e. The van der Waals surface area contributed by atoms with Crippen molar-refractivity contribution in [3.63, 3.8) is 0 Å². The van der Waals surface area contributed by atoms with Crippen LogP contribution in [0.3, 0.4) is 0 Å². The van der Waals surface area contributed by atoms with Crippen LogP contribution in [0.5, 0.6) is 5.75 Å². The van der Waals surface area contributed by atoms with Gasteiger partial charge in [0, 0.05) is 29.9 Å². The maximum Gasteiger partial charge on any atom is 0.255 e. The second-order valence-corrected chi connectivity index (χ2v) is 8.53. The van der Waals surface area contributed by atoms with Gasteiger partial charge in [0.2, 0.25) is 11.8 Å². The number of nitrogens with one attached hydrogen (secondary N) is 1. The van der Waals surface area contributed by atoms with E-state index < -0.39 is 24.4 Å². The van der Waals surface area contributed by atoms with Gasteiger partial charge in [-0.3, -0.25) is 14.4 Å². The second kappa shape index (κ2) is 9.30. The summed E-state index contributed by atoms with van der Waals surface area (Å²) in [6.07, 6.45) is 0.819.